The van der Waals surface area contributed by atoms with Crippen molar-refractivity contribution < 1.29 is 33.8 Å². The van der Waals surface area contributed by atoms with E-state index in [-0.39, 0.29) is 87.0 Å². The van der Waals surface area contributed by atoms with Crippen LogP contribution in [0, 0.1) is 5.41 Å². The van der Waals surface area contributed by atoms with Crippen LogP contribution in [-0.4, -0.2) is 130 Å². The fourth-order valence-electron chi connectivity index (χ4n) is 7.38. The first kappa shape index (κ1) is 40.2. The number of piperidine rings is 1. The maximum atomic E-state index is 13.7. The Morgan fingerprint density at radius 3 is 2.33 bits per heavy atom. The summed E-state index contributed by atoms with van der Waals surface area (Å²) in [5.41, 5.74) is 3.39. The van der Waals surface area contributed by atoms with Gasteiger partial charge in [-0.1, -0.05) is 20.8 Å². The van der Waals surface area contributed by atoms with E-state index in [0.717, 1.165) is 17.6 Å². The largest absolute Gasteiger partial charge is 0.481 e. The first-order valence-corrected chi connectivity index (χ1v) is 18.3. The number of carboxylic acid groups (broad SMARTS) is 1. The van der Waals surface area contributed by atoms with E-state index in [1.165, 1.54) is 11.3 Å². The summed E-state index contributed by atoms with van der Waals surface area (Å²) in [6.07, 6.45) is 3.60. The van der Waals surface area contributed by atoms with Gasteiger partial charge in [-0.15, -0.1) is 0 Å². The molecule has 2 aliphatic rings. The van der Waals surface area contributed by atoms with Gasteiger partial charge in [0, 0.05) is 94.5 Å². The van der Waals surface area contributed by atoms with Crippen LogP contribution in [0.4, 0.5) is 0 Å². The fraction of sp³-hybridized carbons (Fsp3) is 0.703. The van der Waals surface area contributed by atoms with Gasteiger partial charge >= 0.3 is 5.97 Å². The number of pyridine rings is 1. The van der Waals surface area contributed by atoms with E-state index >= 15 is 0 Å². The van der Waals surface area contributed by atoms with Crippen molar-refractivity contribution in [3.05, 3.63) is 29.6 Å². The van der Waals surface area contributed by atoms with Gasteiger partial charge in [0.25, 0.3) is 0 Å². The van der Waals surface area contributed by atoms with Crippen LogP contribution in [-0.2, 0) is 41.7 Å². The van der Waals surface area contributed by atoms with Crippen molar-refractivity contribution in [2.24, 2.45) is 5.41 Å². The number of nitrogens with one attached hydrogen (secondary N) is 1. The number of aryl methyl sites for hydroxylation is 1. The van der Waals surface area contributed by atoms with E-state index in [1.807, 2.05) is 31.0 Å². The van der Waals surface area contributed by atoms with Crippen LogP contribution in [0.5, 0.6) is 0 Å². The number of carbonyl (C=O) groups is 4. The Labute approximate surface area is 302 Å². The maximum absolute atomic E-state index is 13.7. The number of aromatic nitrogens is 2. The molecule has 1 atom stereocenters. The number of hydrogen-bond donors (Lipinski definition) is 2. The molecule has 14 heteroatoms. The molecular formula is C37H59N7O7. The third-order valence-corrected chi connectivity index (χ3v) is 9.81. The molecule has 2 N–H and O–H groups in total. The molecule has 1 saturated heterocycles. The first-order chi connectivity index (χ1) is 24.2. The molecule has 1 unspecified atom stereocenters. The summed E-state index contributed by atoms with van der Waals surface area (Å²) < 4.78 is 13.2. The average molecular weight is 714 g/mol. The molecule has 0 radical (unpaired) electrons. The number of carbonyl (C=O) groups excluding carboxylic acids is 3. The zero-order valence-corrected chi connectivity index (χ0v) is 31.7. The molecule has 1 fully saturated rings. The molecule has 51 heavy (non-hydrogen) atoms. The van der Waals surface area contributed by atoms with Crippen LogP contribution < -0.4 is 5.32 Å². The second-order valence-electron chi connectivity index (χ2n) is 15.1. The van der Waals surface area contributed by atoms with Gasteiger partial charge in [-0.25, -0.2) is 15.0 Å². The Balaban J connectivity index is 1.37. The highest BCUT2D eigenvalue weighted by molar-refractivity contribution is 5.85. The zero-order chi connectivity index (χ0) is 37.3. The number of aliphatic carboxylic acids is 1. The minimum absolute atomic E-state index is 0.00180. The van der Waals surface area contributed by atoms with Crippen LogP contribution in [0.15, 0.2) is 18.3 Å². The Kier molecular flexibility index (Phi) is 14.4. The minimum atomic E-state index is -0.916. The summed E-state index contributed by atoms with van der Waals surface area (Å²) in [4.78, 5) is 58.5. The summed E-state index contributed by atoms with van der Waals surface area (Å²) in [6.45, 7) is 14.2. The van der Waals surface area contributed by atoms with Crippen LogP contribution >= 0.6 is 0 Å². The highest BCUT2D eigenvalue weighted by Crippen LogP contribution is 2.46. The van der Waals surface area contributed by atoms with E-state index < -0.39 is 5.97 Å². The van der Waals surface area contributed by atoms with Crippen LogP contribution in [0.2, 0.25) is 0 Å². The number of hydrogen-bond acceptors (Lipinski definition) is 9. The molecule has 0 saturated carbocycles. The number of likely N-dealkylation sites (tertiary alicyclic amines) is 1. The van der Waals surface area contributed by atoms with E-state index in [9.17, 15) is 19.2 Å². The predicted octanol–water partition coefficient (Wildman–Crippen LogP) is 3.44. The molecule has 2 aromatic rings. The Hall–Kier alpha value is -3.59. The lowest BCUT2D eigenvalue weighted by molar-refractivity contribution is -0.139. The van der Waals surface area contributed by atoms with Gasteiger partial charge in [0.15, 0.2) is 0 Å². The van der Waals surface area contributed by atoms with Crippen LogP contribution in [0.3, 0.4) is 0 Å². The maximum Gasteiger partial charge on any atom is 0.305 e. The molecular weight excluding hydrogens is 654 g/mol. The molecule has 0 spiro atoms. The predicted molar refractivity (Wildman–Crippen MR) is 193 cm³/mol. The number of ether oxygens (including phenoxy) is 2. The van der Waals surface area contributed by atoms with Crippen molar-refractivity contribution in [2.75, 3.05) is 60.2 Å². The summed E-state index contributed by atoms with van der Waals surface area (Å²) >= 11 is 0. The number of fused-ring (bicyclic) bond motifs is 3. The van der Waals surface area contributed by atoms with Crippen molar-refractivity contribution in [2.45, 2.75) is 104 Å². The lowest BCUT2D eigenvalue weighted by Crippen LogP contribution is -2.50. The Morgan fingerprint density at radius 2 is 1.69 bits per heavy atom. The molecule has 284 valence electrons. The van der Waals surface area contributed by atoms with E-state index in [0.29, 0.717) is 45.4 Å². The van der Waals surface area contributed by atoms with E-state index in [2.05, 4.69) is 60.8 Å². The molecule has 2 aromatic heterocycles. The normalized spacial score (nSPS) is 17.6. The molecule has 2 aliphatic heterocycles. The smallest absolute Gasteiger partial charge is 0.305 e. The van der Waals surface area contributed by atoms with Gasteiger partial charge in [0.1, 0.15) is 5.65 Å². The van der Waals surface area contributed by atoms with Crippen LogP contribution in [0.25, 0.3) is 11.0 Å². The van der Waals surface area contributed by atoms with Crippen molar-refractivity contribution in [1.82, 2.24) is 34.7 Å². The van der Waals surface area contributed by atoms with Crippen molar-refractivity contribution in [1.29, 1.82) is 0 Å². The van der Waals surface area contributed by atoms with Gasteiger partial charge in [-0.2, -0.15) is 0 Å². The highest BCUT2D eigenvalue weighted by Gasteiger charge is 2.40. The van der Waals surface area contributed by atoms with Gasteiger partial charge in [-0.3, -0.25) is 19.2 Å². The van der Waals surface area contributed by atoms with Gasteiger partial charge in [0.05, 0.1) is 45.4 Å². The van der Waals surface area contributed by atoms with Gasteiger partial charge in [-0.05, 0) is 44.2 Å². The topological polar surface area (TPSA) is 150 Å². The summed E-state index contributed by atoms with van der Waals surface area (Å²) in [5.74, 6) is -1.10. The Morgan fingerprint density at radius 1 is 1.00 bits per heavy atom. The lowest BCUT2D eigenvalue weighted by atomic mass is 9.80. The second kappa shape index (κ2) is 18.3. The monoisotopic (exact) mass is 713 g/mol. The minimum Gasteiger partial charge on any atom is -0.481 e. The third-order valence-electron chi connectivity index (χ3n) is 9.81. The number of amides is 3. The van der Waals surface area contributed by atoms with Crippen molar-refractivity contribution in [3.63, 3.8) is 0 Å². The number of carboxylic acids is 1. The summed E-state index contributed by atoms with van der Waals surface area (Å²) in [7, 11) is 4.24. The van der Waals surface area contributed by atoms with E-state index in [4.69, 9.17) is 19.6 Å². The zero-order valence-electron chi connectivity index (χ0n) is 31.7. The van der Waals surface area contributed by atoms with Gasteiger partial charge in [0.2, 0.25) is 17.7 Å². The SMILES string of the molecule is CC(C)NC(=O)CCC(=O)N(CCOCCOCCC(=O)O)C1CCN(C(=O)CCn2c3c(c4cccnc42)C(C(C)(C)C)N(C)N(C)C3)CC1. The molecule has 3 amide bonds. The highest BCUT2D eigenvalue weighted by atomic mass is 16.5. The van der Waals surface area contributed by atoms with Crippen molar-refractivity contribution >= 4 is 34.7 Å². The number of nitrogens with zero attached hydrogens (tertiary/aromatic N) is 6. The van der Waals surface area contributed by atoms with E-state index in [1.54, 1.807) is 4.90 Å². The van der Waals surface area contributed by atoms with Crippen molar-refractivity contribution in [3.8, 4) is 0 Å². The van der Waals surface area contributed by atoms with Gasteiger partial charge < -0.3 is 34.3 Å². The molecule has 0 bridgehead atoms. The molecule has 0 aromatic carbocycles. The quantitative estimate of drug-likeness (QED) is 0.234. The number of rotatable bonds is 17. The average Bonchev–Trinajstić information content (AvgIpc) is 3.37. The second-order valence-corrected chi connectivity index (χ2v) is 15.1. The summed E-state index contributed by atoms with van der Waals surface area (Å²) in [6, 6.07) is 4.22. The first-order valence-electron chi connectivity index (χ1n) is 18.3. The molecule has 4 heterocycles. The fourth-order valence-corrected chi connectivity index (χ4v) is 7.38. The standard InChI is InChI=1S/C37H59N7O7/c1-26(2)39-30(45)10-11-32(47)43(20-22-51-24-23-50-21-15-33(48)49)27-12-17-42(18-13-27)31(46)14-19-44-29-25-40(6)41(7)35(37(3,4)5)34(29)28-9-8-16-38-36(28)44/h8-9,16,26-27,35H,10-15,17-25H2,1-7H3,(H,39,45)(H,48,49). The Bertz CT molecular complexity index is 1500. The number of hydrazine groups is 1. The van der Waals surface area contributed by atoms with Crippen LogP contribution in [0.1, 0.15) is 90.4 Å². The lowest BCUT2D eigenvalue weighted by Gasteiger charge is -2.46. The molecule has 4 rings (SSSR count). The third kappa shape index (κ3) is 10.7. The molecule has 14 nitrogen and oxygen atoms in total. The summed E-state index contributed by atoms with van der Waals surface area (Å²) in [5, 5.41) is 17.3. The molecule has 0 aliphatic carbocycles.